The van der Waals surface area contributed by atoms with Crippen molar-refractivity contribution in [1.82, 2.24) is 15.2 Å². The molecular weight excluding hydrogens is 282 g/mol. The number of hydrogen-bond acceptors (Lipinski definition) is 3. The molecule has 1 atom stereocenters. The first-order valence-corrected chi connectivity index (χ1v) is 8.82. The van der Waals surface area contributed by atoms with Gasteiger partial charge in [0, 0.05) is 31.5 Å². The first-order valence-electron chi connectivity index (χ1n) is 8.82. The number of hydrogen-bond donors (Lipinski definition) is 1. The Morgan fingerprint density at radius 1 is 0.913 bits per heavy atom. The molecule has 3 heteroatoms. The van der Waals surface area contributed by atoms with Crippen LogP contribution in [0.2, 0.25) is 0 Å². The highest BCUT2D eigenvalue weighted by Crippen LogP contribution is 2.23. The van der Waals surface area contributed by atoms with E-state index in [1.54, 1.807) is 0 Å². The van der Waals surface area contributed by atoms with Crippen LogP contribution in [0.25, 0.3) is 0 Å². The summed E-state index contributed by atoms with van der Waals surface area (Å²) >= 11 is 0. The molecule has 0 radical (unpaired) electrons. The zero-order chi connectivity index (χ0) is 15.7. The quantitative estimate of drug-likeness (QED) is 0.880. The van der Waals surface area contributed by atoms with E-state index in [4.69, 9.17) is 0 Å². The fourth-order valence-electron chi connectivity index (χ4n) is 3.39. The van der Waals surface area contributed by atoms with Crippen LogP contribution in [0.4, 0.5) is 0 Å². The van der Waals surface area contributed by atoms with E-state index in [0.717, 1.165) is 13.1 Å². The number of nitrogens with one attached hydrogen (secondary N) is 1. The maximum atomic E-state index is 4.08. The summed E-state index contributed by atoms with van der Waals surface area (Å²) in [6, 6.07) is 15.6. The van der Waals surface area contributed by atoms with Crippen LogP contribution in [-0.2, 0) is 6.54 Å². The van der Waals surface area contributed by atoms with Gasteiger partial charge in [-0.15, -0.1) is 0 Å². The second-order valence-electron chi connectivity index (χ2n) is 6.36. The van der Waals surface area contributed by atoms with Crippen molar-refractivity contribution in [3.63, 3.8) is 0 Å². The second-order valence-corrected chi connectivity index (χ2v) is 6.36. The third-order valence-corrected chi connectivity index (χ3v) is 4.68. The van der Waals surface area contributed by atoms with Gasteiger partial charge in [-0.3, -0.25) is 9.88 Å². The first-order chi connectivity index (χ1) is 11.4. The van der Waals surface area contributed by atoms with Crippen molar-refractivity contribution < 1.29 is 0 Å². The van der Waals surface area contributed by atoms with Crippen molar-refractivity contribution >= 4 is 0 Å². The van der Waals surface area contributed by atoms with E-state index in [9.17, 15) is 0 Å². The Morgan fingerprint density at radius 3 is 2.30 bits per heavy atom. The molecule has 3 nitrogen and oxygen atoms in total. The smallest absolute Gasteiger partial charge is 0.0472 e. The molecule has 1 aliphatic heterocycles. The zero-order valence-electron chi connectivity index (χ0n) is 13.8. The van der Waals surface area contributed by atoms with Gasteiger partial charge in [0.1, 0.15) is 0 Å². The number of rotatable bonds is 6. The van der Waals surface area contributed by atoms with Crippen LogP contribution in [0.15, 0.2) is 54.9 Å². The molecule has 0 aliphatic carbocycles. The summed E-state index contributed by atoms with van der Waals surface area (Å²) in [6.07, 6.45) is 9.13. The highest BCUT2D eigenvalue weighted by atomic mass is 15.2. The summed E-state index contributed by atoms with van der Waals surface area (Å²) in [5, 5.41) is 3.65. The molecule has 0 amide bonds. The Bertz CT molecular complexity index is 548. The summed E-state index contributed by atoms with van der Waals surface area (Å²) in [5.41, 5.74) is 2.72. The number of nitrogens with zero attached hydrogens (tertiary/aromatic N) is 2. The van der Waals surface area contributed by atoms with E-state index in [1.807, 2.05) is 12.4 Å². The normalized spacial score (nSPS) is 17.6. The van der Waals surface area contributed by atoms with Crippen LogP contribution < -0.4 is 5.32 Å². The van der Waals surface area contributed by atoms with Crippen molar-refractivity contribution in [1.29, 1.82) is 0 Å². The topological polar surface area (TPSA) is 28.2 Å². The summed E-state index contributed by atoms with van der Waals surface area (Å²) in [4.78, 5) is 6.75. The third-order valence-electron chi connectivity index (χ3n) is 4.68. The number of benzene rings is 1. The second kappa shape index (κ2) is 8.80. The molecule has 1 fully saturated rings. The van der Waals surface area contributed by atoms with Gasteiger partial charge in [0.15, 0.2) is 0 Å². The lowest BCUT2D eigenvalue weighted by atomic mass is 10.0. The SMILES string of the molecule is c1ccc(C(CNCc2ccncc2)N2CCCCCC2)cc1. The van der Waals surface area contributed by atoms with Crippen LogP contribution in [0, 0.1) is 0 Å². The monoisotopic (exact) mass is 309 g/mol. The van der Waals surface area contributed by atoms with Crippen LogP contribution in [0.5, 0.6) is 0 Å². The number of pyridine rings is 1. The fourth-order valence-corrected chi connectivity index (χ4v) is 3.39. The molecule has 1 N–H and O–H groups in total. The summed E-state index contributed by atoms with van der Waals surface area (Å²) in [5.74, 6) is 0. The Hall–Kier alpha value is -1.71. The lowest BCUT2D eigenvalue weighted by Gasteiger charge is -2.31. The molecule has 1 aliphatic rings. The number of aromatic nitrogens is 1. The van der Waals surface area contributed by atoms with Gasteiger partial charge >= 0.3 is 0 Å². The van der Waals surface area contributed by atoms with E-state index in [-0.39, 0.29) is 0 Å². The molecule has 1 unspecified atom stereocenters. The summed E-state index contributed by atoms with van der Waals surface area (Å²) in [6.45, 7) is 4.33. The Kier molecular flexibility index (Phi) is 6.18. The van der Waals surface area contributed by atoms with Gasteiger partial charge in [-0.2, -0.15) is 0 Å². The molecule has 2 aromatic rings. The van der Waals surface area contributed by atoms with Crippen molar-refractivity contribution in [3.05, 3.63) is 66.0 Å². The van der Waals surface area contributed by atoms with Crippen molar-refractivity contribution in [2.24, 2.45) is 0 Å². The first kappa shape index (κ1) is 16.2. The van der Waals surface area contributed by atoms with Crippen molar-refractivity contribution in [2.45, 2.75) is 38.3 Å². The van der Waals surface area contributed by atoms with Crippen LogP contribution >= 0.6 is 0 Å². The van der Waals surface area contributed by atoms with Gasteiger partial charge in [0.25, 0.3) is 0 Å². The lowest BCUT2D eigenvalue weighted by molar-refractivity contribution is 0.199. The van der Waals surface area contributed by atoms with E-state index >= 15 is 0 Å². The molecule has 122 valence electrons. The highest BCUT2D eigenvalue weighted by Gasteiger charge is 2.20. The highest BCUT2D eigenvalue weighted by molar-refractivity contribution is 5.20. The minimum Gasteiger partial charge on any atom is -0.311 e. The lowest BCUT2D eigenvalue weighted by Crippen LogP contribution is -2.36. The zero-order valence-corrected chi connectivity index (χ0v) is 13.8. The van der Waals surface area contributed by atoms with Crippen LogP contribution in [0.3, 0.4) is 0 Å². The molecule has 1 aromatic heterocycles. The average molecular weight is 309 g/mol. The van der Waals surface area contributed by atoms with E-state index in [1.165, 1.54) is 49.9 Å². The Balaban J connectivity index is 1.65. The van der Waals surface area contributed by atoms with Gasteiger partial charge < -0.3 is 5.32 Å². The van der Waals surface area contributed by atoms with Crippen molar-refractivity contribution in [3.8, 4) is 0 Å². The number of likely N-dealkylation sites (tertiary alicyclic amines) is 1. The van der Waals surface area contributed by atoms with Gasteiger partial charge in [-0.05, 0) is 49.2 Å². The Labute approximate surface area is 139 Å². The predicted molar refractivity (Wildman–Crippen MR) is 95.2 cm³/mol. The molecule has 2 heterocycles. The van der Waals surface area contributed by atoms with E-state index in [0.29, 0.717) is 6.04 Å². The van der Waals surface area contributed by atoms with Gasteiger partial charge in [0.05, 0.1) is 0 Å². The molecule has 0 spiro atoms. The van der Waals surface area contributed by atoms with Gasteiger partial charge in [-0.1, -0.05) is 43.2 Å². The predicted octanol–water partition coefficient (Wildman–Crippen LogP) is 3.79. The van der Waals surface area contributed by atoms with E-state index in [2.05, 4.69) is 57.7 Å². The summed E-state index contributed by atoms with van der Waals surface area (Å²) in [7, 11) is 0. The molecule has 3 rings (SSSR count). The molecule has 1 saturated heterocycles. The largest absolute Gasteiger partial charge is 0.311 e. The fraction of sp³-hybridized carbons (Fsp3) is 0.450. The summed E-state index contributed by atoms with van der Waals surface area (Å²) < 4.78 is 0. The van der Waals surface area contributed by atoms with Crippen LogP contribution in [-0.4, -0.2) is 29.5 Å². The van der Waals surface area contributed by atoms with Gasteiger partial charge in [-0.25, -0.2) is 0 Å². The molecule has 1 aromatic carbocycles. The molecule has 0 bridgehead atoms. The van der Waals surface area contributed by atoms with Crippen molar-refractivity contribution in [2.75, 3.05) is 19.6 Å². The Morgan fingerprint density at radius 2 is 1.61 bits per heavy atom. The van der Waals surface area contributed by atoms with Gasteiger partial charge in [0.2, 0.25) is 0 Å². The third kappa shape index (κ3) is 4.88. The van der Waals surface area contributed by atoms with Crippen LogP contribution in [0.1, 0.15) is 42.9 Å². The maximum absolute atomic E-state index is 4.08. The molecular formula is C20H27N3. The molecule has 0 saturated carbocycles. The minimum absolute atomic E-state index is 0.469. The minimum atomic E-state index is 0.469. The average Bonchev–Trinajstić information content (AvgIpc) is 2.90. The molecule has 23 heavy (non-hydrogen) atoms. The standard InChI is InChI=1S/C20H27N3/c1-2-7-15-23(14-6-1)20(19-8-4-3-5-9-19)17-22-16-18-10-12-21-13-11-18/h3-5,8-13,20,22H,1-2,6-7,14-17H2. The maximum Gasteiger partial charge on any atom is 0.0472 e. The van der Waals surface area contributed by atoms with E-state index < -0.39 is 0 Å².